The van der Waals surface area contributed by atoms with Crippen LogP contribution in [0.1, 0.15) is 46.0 Å². The molecule has 6 aromatic carbocycles. The SMILES string of the molecule is C[C@@H]1O[C@@H](CC(NC(=O)c2cccc3ccccc23)C(=O)NCc2ccccc2)[C@@H](OCc2ccccc2)[C@H](OCc2ccccc2)[C@@H]1OCc1ccccc1. The monoisotopic (exact) mass is 748 g/mol. The Balaban J connectivity index is 1.20. The number of hydrogen-bond donors (Lipinski definition) is 2. The molecule has 0 aromatic heterocycles. The van der Waals surface area contributed by atoms with Crippen LogP contribution in [0.4, 0.5) is 0 Å². The van der Waals surface area contributed by atoms with Crippen molar-refractivity contribution in [2.75, 3.05) is 0 Å². The molecule has 8 nitrogen and oxygen atoms in total. The lowest BCUT2D eigenvalue weighted by molar-refractivity contribution is -0.262. The second kappa shape index (κ2) is 19.3. The molecular weight excluding hydrogens is 701 g/mol. The summed E-state index contributed by atoms with van der Waals surface area (Å²) in [5, 5.41) is 7.89. The van der Waals surface area contributed by atoms with Crippen LogP contribution in [0.3, 0.4) is 0 Å². The van der Waals surface area contributed by atoms with Crippen molar-refractivity contribution in [1.82, 2.24) is 10.6 Å². The van der Waals surface area contributed by atoms with Crippen LogP contribution in [0.2, 0.25) is 0 Å². The number of benzene rings is 6. The predicted octanol–water partition coefficient (Wildman–Crippen LogP) is 8.19. The Morgan fingerprint density at radius 2 is 1.05 bits per heavy atom. The van der Waals surface area contributed by atoms with Gasteiger partial charge in [0.05, 0.1) is 32.0 Å². The van der Waals surface area contributed by atoms with Crippen molar-refractivity contribution in [2.24, 2.45) is 0 Å². The number of ether oxygens (including phenoxy) is 4. The predicted molar refractivity (Wildman–Crippen MR) is 217 cm³/mol. The first-order valence-corrected chi connectivity index (χ1v) is 19.2. The van der Waals surface area contributed by atoms with Crippen molar-refractivity contribution in [3.63, 3.8) is 0 Å². The zero-order chi connectivity index (χ0) is 38.5. The molecule has 8 heteroatoms. The van der Waals surface area contributed by atoms with Gasteiger partial charge in [-0.15, -0.1) is 0 Å². The first-order valence-electron chi connectivity index (χ1n) is 19.2. The Morgan fingerprint density at radius 1 is 0.571 bits per heavy atom. The van der Waals surface area contributed by atoms with Gasteiger partial charge < -0.3 is 29.6 Å². The summed E-state index contributed by atoms with van der Waals surface area (Å²) < 4.78 is 27.0. The van der Waals surface area contributed by atoms with E-state index in [0.29, 0.717) is 25.3 Å². The number of amides is 2. The summed E-state index contributed by atoms with van der Waals surface area (Å²) in [4.78, 5) is 28.4. The van der Waals surface area contributed by atoms with Gasteiger partial charge in [0.1, 0.15) is 24.4 Å². The highest BCUT2D eigenvalue weighted by atomic mass is 16.6. The van der Waals surface area contributed by atoms with E-state index in [4.69, 9.17) is 18.9 Å². The van der Waals surface area contributed by atoms with Gasteiger partial charge in [-0.05, 0) is 46.0 Å². The van der Waals surface area contributed by atoms with Crippen LogP contribution >= 0.6 is 0 Å². The fourth-order valence-electron chi connectivity index (χ4n) is 7.24. The fraction of sp³-hybridized carbons (Fsp3) is 0.250. The Kier molecular flexibility index (Phi) is 13.3. The molecule has 0 radical (unpaired) electrons. The summed E-state index contributed by atoms with van der Waals surface area (Å²) in [5.41, 5.74) is 4.44. The van der Waals surface area contributed by atoms with Crippen molar-refractivity contribution in [3.05, 3.63) is 192 Å². The summed E-state index contributed by atoms with van der Waals surface area (Å²) in [7, 11) is 0. The molecule has 0 saturated carbocycles. The fourth-order valence-corrected chi connectivity index (χ4v) is 7.24. The molecule has 0 spiro atoms. The lowest BCUT2D eigenvalue weighted by Crippen LogP contribution is -2.61. The van der Waals surface area contributed by atoms with Crippen molar-refractivity contribution in [3.8, 4) is 0 Å². The Bertz CT molecular complexity index is 2130. The first-order chi connectivity index (χ1) is 27.5. The summed E-state index contributed by atoms with van der Waals surface area (Å²) in [6, 6.07) is 52.0. The van der Waals surface area contributed by atoms with Crippen LogP contribution in [-0.2, 0) is 50.1 Å². The number of carbonyl (C=O) groups is 2. The van der Waals surface area contributed by atoms with E-state index in [2.05, 4.69) is 10.6 Å². The van der Waals surface area contributed by atoms with Gasteiger partial charge in [-0.3, -0.25) is 9.59 Å². The molecule has 56 heavy (non-hydrogen) atoms. The van der Waals surface area contributed by atoms with Crippen LogP contribution in [0.25, 0.3) is 10.8 Å². The molecule has 0 bridgehead atoms. The van der Waals surface area contributed by atoms with Gasteiger partial charge in [0.15, 0.2) is 0 Å². The van der Waals surface area contributed by atoms with Gasteiger partial charge in [0, 0.05) is 18.5 Å². The molecule has 2 N–H and O–H groups in total. The maximum absolute atomic E-state index is 14.2. The van der Waals surface area contributed by atoms with Gasteiger partial charge in [0.25, 0.3) is 5.91 Å². The van der Waals surface area contributed by atoms with Gasteiger partial charge in [-0.25, -0.2) is 0 Å². The normalized spacial score (nSPS) is 19.9. The molecule has 6 atom stereocenters. The van der Waals surface area contributed by atoms with Gasteiger partial charge in [0.2, 0.25) is 5.91 Å². The molecule has 1 heterocycles. The van der Waals surface area contributed by atoms with Gasteiger partial charge in [-0.2, -0.15) is 0 Å². The van der Waals surface area contributed by atoms with E-state index < -0.39 is 36.6 Å². The highest BCUT2D eigenvalue weighted by Crippen LogP contribution is 2.33. The maximum atomic E-state index is 14.2. The topological polar surface area (TPSA) is 95.1 Å². The number of fused-ring (bicyclic) bond motifs is 1. The van der Waals surface area contributed by atoms with E-state index in [9.17, 15) is 9.59 Å². The lowest BCUT2D eigenvalue weighted by atomic mass is 9.90. The molecule has 1 unspecified atom stereocenters. The summed E-state index contributed by atoms with van der Waals surface area (Å²) >= 11 is 0. The highest BCUT2D eigenvalue weighted by molar-refractivity contribution is 6.08. The summed E-state index contributed by atoms with van der Waals surface area (Å²) in [6.07, 6.45) is -2.74. The minimum absolute atomic E-state index is 0.123. The molecule has 6 aromatic rings. The zero-order valence-electron chi connectivity index (χ0n) is 31.5. The molecule has 0 aliphatic carbocycles. The molecule has 7 rings (SSSR count). The van der Waals surface area contributed by atoms with E-state index in [1.54, 1.807) is 6.07 Å². The standard InChI is InChI=1S/C48H48N2O6/c1-34-44(53-31-36-19-8-3-9-20-36)46(55-33-38-23-12-5-13-24-38)45(54-32-37-21-10-4-11-22-37)43(56-34)29-42(48(52)49-30-35-17-6-2-7-18-35)50-47(51)41-28-16-26-39-25-14-15-27-40(39)41/h2-28,34,42-46H,29-33H2,1H3,(H,49,52)(H,50,51)/t34-,42?,43-,44+,45+,46+/m0/s1. The van der Waals surface area contributed by atoms with Crippen LogP contribution in [0.5, 0.6) is 0 Å². The van der Waals surface area contributed by atoms with Crippen molar-refractivity contribution >= 4 is 22.6 Å². The van der Waals surface area contributed by atoms with Crippen molar-refractivity contribution < 1.29 is 28.5 Å². The summed E-state index contributed by atoms with van der Waals surface area (Å²) in [5.74, 6) is -0.682. The van der Waals surface area contributed by atoms with Crippen LogP contribution in [-0.4, -0.2) is 48.4 Å². The van der Waals surface area contributed by atoms with E-state index in [1.165, 1.54) is 0 Å². The number of carbonyl (C=O) groups excluding carboxylic acids is 2. The Labute approximate surface area is 328 Å². The van der Waals surface area contributed by atoms with Crippen molar-refractivity contribution in [2.45, 2.75) is 76.3 Å². The maximum Gasteiger partial charge on any atom is 0.252 e. The molecule has 1 fully saturated rings. The minimum atomic E-state index is -0.971. The third-order valence-electron chi connectivity index (χ3n) is 10.2. The molecular formula is C48H48N2O6. The first kappa shape index (κ1) is 38.6. The number of hydrogen-bond acceptors (Lipinski definition) is 6. The Hall–Kier alpha value is -5.64. The van der Waals surface area contributed by atoms with Gasteiger partial charge in [-0.1, -0.05) is 158 Å². The molecule has 2 amide bonds. The van der Waals surface area contributed by atoms with E-state index in [0.717, 1.165) is 33.0 Å². The van der Waals surface area contributed by atoms with E-state index >= 15 is 0 Å². The third kappa shape index (κ3) is 10.2. The highest BCUT2D eigenvalue weighted by Gasteiger charge is 2.48. The molecule has 1 saturated heterocycles. The zero-order valence-corrected chi connectivity index (χ0v) is 31.5. The summed E-state index contributed by atoms with van der Waals surface area (Å²) in [6.45, 7) is 3.22. The molecule has 286 valence electrons. The molecule has 1 aliphatic rings. The van der Waals surface area contributed by atoms with Crippen LogP contribution in [0.15, 0.2) is 164 Å². The number of rotatable bonds is 16. The van der Waals surface area contributed by atoms with Crippen LogP contribution in [0, 0.1) is 0 Å². The minimum Gasteiger partial charge on any atom is -0.370 e. The average Bonchev–Trinajstić information content (AvgIpc) is 3.25. The molecule has 1 aliphatic heterocycles. The average molecular weight is 749 g/mol. The number of nitrogens with one attached hydrogen (secondary N) is 2. The lowest BCUT2D eigenvalue weighted by Gasteiger charge is -2.46. The quantitative estimate of drug-likeness (QED) is 0.104. The van der Waals surface area contributed by atoms with E-state index in [1.807, 2.05) is 165 Å². The second-order valence-corrected chi connectivity index (χ2v) is 14.2. The van der Waals surface area contributed by atoms with Crippen LogP contribution < -0.4 is 10.6 Å². The van der Waals surface area contributed by atoms with E-state index in [-0.39, 0.29) is 24.8 Å². The third-order valence-corrected chi connectivity index (χ3v) is 10.2. The Morgan fingerprint density at radius 3 is 1.64 bits per heavy atom. The second-order valence-electron chi connectivity index (χ2n) is 14.2. The largest absolute Gasteiger partial charge is 0.370 e. The smallest absolute Gasteiger partial charge is 0.252 e. The van der Waals surface area contributed by atoms with Gasteiger partial charge >= 0.3 is 0 Å². The van der Waals surface area contributed by atoms with Crippen molar-refractivity contribution in [1.29, 1.82) is 0 Å².